The molecule has 5 nitrogen and oxygen atoms in total. The zero-order chi connectivity index (χ0) is 15.4. The molecule has 0 saturated heterocycles. The van der Waals surface area contributed by atoms with Crippen LogP contribution in [0.5, 0.6) is 11.5 Å². The first-order valence-corrected chi connectivity index (χ1v) is 7.51. The number of ketones is 1. The Morgan fingerprint density at radius 2 is 2.00 bits per heavy atom. The molecule has 2 N–H and O–H groups in total. The van der Waals surface area contributed by atoms with Gasteiger partial charge in [0.2, 0.25) is 11.7 Å². The molecule has 1 amide bonds. The Labute approximate surface area is 133 Å². The van der Waals surface area contributed by atoms with E-state index < -0.39 is 5.91 Å². The van der Waals surface area contributed by atoms with Crippen LogP contribution in [0.2, 0.25) is 0 Å². The van der Waals surface area contributed by atoms with Gasteiger partial charge in [0, 0.05) is 5.56 Å². The Kier molecular flexibility index (Phi) is 4.98. The van der Waals surface area contributed by atoms with Gasteiger partial charge in [0.25, 0.3) is 0 Å². The fourth-order valence-electron chi connectivity index (χ4n) is 1.62. The van der Waals surface area contributed by atoms with Crippen LogP contribution in [0.4, 0.5) is 0 Å². The van der Waals surface area contributed by atoms with Gasteiger partial charge in [-0.25, -0.2) is 0 Å². The average Bonchev–Trinajstić information content (AvgIpc) is 2.91. The highest BCUT2D eigenvalue weighted by Crippen LogP contribution is 2.28. The van der Waals surface area contributed by atoms with E-state index in [1.807, 2.05) is 0 Å². The van der Waals surface area contributed by atoms with Crippen LogP contribution >= 0.6 is 27.3 Å². The number of nitrogens with two attached hydrogens (primary N) is 1. The van der Waals surface area contributed by atoms with Gasteiger partial charge in [0.1, 0.15) is 0 Å². The van der Waals surface area contributed by atoms with Crippen LogP contribution in [0.3, 0.4) is 0 Å². The maximum absolute atomic E-state index is 12.0. The number of halogens is 1. The van der Waals surface area contributed by atoms with Gasteiger partial charge in [-0.15, -0.1) is 11.3 Å². The number of benzene rings is 1. The topological polar surface area (TPSA) is 78.6 Å². The van der Waals surface area contributed by atoms with Gasteiger partial charge in [0.05, 0.1) is 15.8 Å². The van der Waals surface area contributed by atoms with Gasteiger partial charge in [-0.2, -0.15) is 0 Å². The average molecular weight is 370 g/mol. The Hall–Kier alpha value is -1.86. The molecule has 7 heteroatoms. The summed E-state index contributed by atoms with van der Waals surface area (Å²) in [5.74, 6) is 0.0454. The van der Waals surface area contributed by atoms with E-state index in [4.69, 9.17) is 15.2 Å². The summed E-state index contributed by atoms with van der Waals surface area (Å²) in [6.07, 6.45) is 0. The maximum atomic E-state index is 12.0. The largest absolute Gasteiger partial charge is 0.493 e. The summed E-state index contributed by atoms with van der Waals surface area (Å²) >= 11 is 4.64. The number of primary amides is 1. The highest BCUT2D eigenvalue weighted by Gasteiger charge is 2.13. The van der Waals surface area contributed by atoms with E-state index in [2.05, 4.69) is 15.9 Å². The molecule has 2 rings (SSSR count). The first kappa shape index (κ1) is 15.5. The molecule has 0 aliphatic heterocycles. The van der Waals surface area contributed by atoms with Gasteiger partial charge in [0.15, 0.2) is 18.1 Å². The Morgan fingerprint density at radius 1 is 1.24 bits per heavy atom. The molecule has 0 bridgehead atoms. The zero-order valence-corrected chi connectivity index (χ0v) is 13.5. The summed E-state index contributed by atoms with van der Waals surface area (Å²) in [7, 11) is 1.45. The van der Waals surface area contributed by atoms with Crippen molar-refractivity contribution < 1.29 is 19.1 Å². The lowest BCUT2D eigenvalue weighted by Gasteiger charge is -2.10. The number of rotatable bonds is 6. The van der Waals surface area contributed by atoms with E-state index >= 15 is 0 Å². The Bertz CT molecular complexity index is 683. The SMILES string of the molecule is COc1cc(C(N)=O)ccc1OCC(=O)c1ccc(Br)s1. The molecular weight excluding hydrogens is 358 g/mol. The monoisotopic (exact) mass is 369 g/mol. The van der Waals surface area contributed by atoms with Crippen molar-refractivity contribution in [2.45, 2.75) is 0 Å². The van der Waals surface area contributed by atoms with Crippen LogP contribution in [0.15, 0.2) is 34.1 Å². The second-order valence-electron chi connectivity index (χ2n) is 4.05. The molecule has 21 heavy (non-hydrogen) atoms. The predicted octanol–water partition coefficient (Wildman–Crippen LogP) is 2.88. The summed E-state index contributed by atoms with van der Waals surface area (Å²) < 4.78 is 11.5. The van der Waals surface area contributed by atoms with Gasteiger partial charge in [-0.3, -0.25) is 9.59 Å². The Balaban J connectivity index is 2.09. The van der Waals surface area contributed by atoms with Crippen LogP contribution in [0, 0.1) is 0 Å². The van der Waals surface area contributed by atoms with Crippen molar-refractivity contribution in [3.05, 3.63) is 44.6 Å². The maximum Gasteiger partial charge on any atom is 0.248 e. The standard InChI is InChI=1S/C14H12BrNO4S/c1-19-11-6-8(14(16)18)2-3-10(11)20-7-9(17)12-4-5-13(15)21-12/h2-6H,7H2,1H3,(H2,16,18). The minimum atomic E-state index is -0.556. The lowest BCUT2D eigenvalue weighted by atomic mass is 10.2. The molecule has 0 saturated carbocycles. The number of Topliss-reactive ketones (excluding diaryl/α,β-unsaturated/α-hetero) is 1. The number of carbonyl (C=O) groups excluding carboxylic acids is 2. The van der Waals surface area contributed by atoms with E-state index in [0.29, 0.717) is 21.9 Å². The van der Waals surface area contributed by atoms with Gasteiger partial charge in [-0.1, -0.05) is 0 Å². The molecule has 0 radical (unpaired) electrons. The summed E-state index contributed by atoms with van der Waals surface area (Å²) in [6, 6.07) is 8.08. The van der Waals surface area contributed by atoms with E-state index in [-0.39, 0.29) is 12.4 Å². The number of ether oxygens (including phenoxy) is 2. The zero-order valence-electron chi connectivity index (χ0n) is 11.1. The van der Waals surface area contributed by atoms with Crippen LogP contribution in [-0.2, 0) is 0 Å². The highest BCUT2D eigenvalue weighted by molar-refractivity contribution is 9.11. The molecule has 110 valence electrons. The van der Waals surface area contributed by atoms with Crippen LogP contribution < -0.4 is 15.2 Å². The minimum absolute atomic E-state index is 0.112. The van der Waals surface area contributed by atoms with Crippen molar-refractivity contribution in [2.24, 2.45) is 5.73 Å². The van der Waals surface area contributed by atoms with Crippen molar-refractivity contribution in [1.82, 2.24) is 0 Å². The molecule has 1 heterocycles. The quantitative estimate of drug-likeness (QED) is 0.794. The summed E-state index contributed by atoms with van der Waals surface area (Å²) in [5.41, 5.74) is 5.51. The summed E-state index contributed by atoms with van der Waals surface area (Å²) in [4.78, 5) is 23.7. The fraction of sp³-hybridized carbons (Fsp3) is 0.143. The first-order chi connectivity index (χ1) is 10.0. The third-order valence-corrected chi connectivity index (χ3v) is 4.32. The first-order valence-electron chi connectivity index (χ1n) is 5.90. The second-order valence-corrected chi connectivity index (χ2v) is 6.51. The second kappa shape index (κ2) is 6.73. The lowest BCUT2D eigenvalue weighted by Crippen LogP contribution is -2.13. The molecule has 0 atom stereocenters. The predicted molar refractivity (Wildman–Crippen MR) is 83.4 cm³/mol. The van der Waals surface area contributed by atoms with Gasteiger partial charge < -0.3 is 15.2 Å². The molecule has 0 aliphatic rings. The fourth-order valence-corrected chi connectivity index (χ4v) is 2.93. The normalized spacial score (nSPS) is 10.2. The van der Waals surface area contributed by atoms with Gasteiger partial charge >= 0.3 is 0 Å². The summed E-state index contributed by atoms with van der Waals surface area (Å²) in [5, 5.41) is 0. The molecule has 0 fully saturated rings. The van der Waals surface area contributed by atoms with E-state index in [1.54, 1.807) is 18.2 Å². The molecule has 2 aromatic rings. The van der Waals surface area contributed by atoms with Crippen LogP contribution in [-0.4, -0.2) is 25.4 Å². The third kappa shape index (κ3) is 3.83. The molecule has 0 spiro atoms. The smallest absolute Gasteiger partial charge is 0.248 e. The van der Waals surface area contributed by atoms with Crippen molar-refractivity contribution in [1.29, 1.82) is 0 Å². The van der Waals surface area contributed by atoms with E-state index in [9.17, 15) is 9.59 Å². The number of methoxy groups -OCH3 is 1. The molecule has 1 aromatic heterocycles. The van der Waals surface area contributed by atoms with E-state index in [1.165, 1.54) is 30.6 Å². The summed E-state index contributed by atoms with van der Waals surface area (Å²) in [6.45, 7) is -0.112. The van der Waals surface area contributed by atoms with Crippen LogP contribution in [0.1, 0.15) is 20.0 Å². The molecular formula is C14H12BrNO4S. The molecule has 1 aromatic carbocycles. The van der Waals surface area contributed by atoms with Crippen molar-refractivity contribution in [2.75, 3.05) is 13.7 Å². The number of carbonyl (C=O) groups is 2. The van der Waals surface area contributed by atoms with Crippen molar-refractivity contribution in [3.63, 3.8) is 0 Å². The minimum Gasteiger partial charge on any atom is -0.493 e. The number of hydrogen-bond acceptors (Lipinski definition) is 5. The molecule has 0 aliphatic carbocycles. The highest BCUT2D eigenvalue weighted by atomic mass is 79.9. The number of hydrogen-bond donors (Lipinski definition) is 1. The van der Waals surface area contributed by atoms with Crippen molar-refractivity contribution >= 4 is 39.0 Å². The third-order valence-electron chi connectivity index (χ3n) is 2.65. The lowest BCUT2D eigenvalue weighted by molar-refractivity contribution is 0.0922. The number of thiophene rings is 1. The molecule has 0 unspecified atom stereocenters. The Morgan fingerprint density at radius 3 is 2.57 bits per heavy atom. The number of amides is 1. The van der Waals surface area contributed by atoms with Gasteiger partial charge in [-0.05, 0) is 46.3 Å². The van der Waals surface area contributed by atoms with Crippen molar-refractivity contribution in [3.8, 4) is 11.5 Å². The van der Waals surface area contributed by atoms with E-state index in [0.717, 1.165) is 3.79 Å². The van der Waals surface area contributed by atoms with Crippen LogP contribution in [0.25, 0.3) is 0 Å².